The first kappa shape index (κ1) is 20.6. The SMILES string of the molecule is COCCCNC(=O)C1CCN(CC(=O)N2CCCC3CCCCC32)CC1. The number of nitrogens with zero attached hydrogens (tertiary/aromatic N) is 2. The molecule has 0 bridgehead atoms. The monoisotopic (exact) mass is 379 g/mol. The number of methoxy groups -OCH3 is 1. The molecule has 3 rings (SSSR count). The number of likely N-dealkylation sites (tertiary alicyclic amines) is 2. The molecule has 6 heteroatoms. The summed E-state index contributed by atoms with van der Waals surface area (Å²) in [6.07, 6.45) is 10.1. The van der Waals surface area contributed by atoms with E-state index in [9.17, 15) is 9.59 Å². The van der Waals surface area contributed by atoms with Crippen molar-refractivity contribution in [2.45, 2.75) is 63.8 Å². The molecule has 2 atom stereocenters. The number of carbonyl (C=O) groups is 2. The van der Waals surface area contributed by atoms with Gasteiger partial charge >= 0.3 is 0 Å². The van der Waals surface area contributed by atoms with Gasteiger partial charge in [0.05, 0.1) is 6.54 Å². The number of piperidine rings is 2. The average Bonchev–Trinajstić information content (AvgIpc) is 2.71. The molecular formula is C21H37N3O3. The molecule has 2 saturated heterocycles. The van der Waals surface area contributed by atoms with Gasteiger partial charge in [-0.2, -0.15) is 0 Å². The molecular weight excluding hydrogens is 342 g/mol. The van der Waals surface area contributed by atoms with Crippen molar-refractivity contribution in [2.75, 3.05) is 46.4 Å². The molecule has 1 N–H and O–H groups in total. The summed E-state index contributed by atoms with van der Waals surface area (Å²) in [5, 5.41) is 3.01. The highest BCUT2D eigenvalue weighted by atomic mass is 16.5. The molecule has 154 valence electrons. The Bertz CT molecular complexity index is 489. The maximum absolute atomic E-state index is 12.9. The Kier molecular flexibility index (Phi) is 7.94. The third kappa shape index (κ3) is 5.67. The van der Waals surface area contributed by atoms with Crippen LogP contribution in [0.5, 0.6) is 0 Å². The van der Waals surface area contributed by atoms with Crippen LogP contribution < -0.4 is 5.32 Å². The van der Waals surface area contributed by atoms with Crippen LogP contribution in [0.3, 0.4) is 0 Å². The third-order valence-corrected chi connectivity index (χ3v) is 6.71. The zero-order valence-electron chi connectivity index (χ0n) is 17.0. The van der Waals surface area contributed by atoms with E-state index in [1.165, 1.54) is 32.1 Å². The van der Waals surface area contributed by atoms with E-state index >= 15 is 0 Å². The summed E-state index contributed by atoms with van der Waals surface area (Å²) in [6, 6.07) is 0.496. The van der Waals surface area contributed by atoms with Gasteiger partial charge in [0.1, 0.15) is 0 Å². The van der Waals surface area contributed by atoms with Gasteiger partial charge in [-0.15, -0.1) is 0 Å². The van der Waals surface area contributed by atoms with Gasteiger partial charge in [0, 0.05) is 38.8 Å². The van der Waals surface area contributed by atoms with Crippen molar-refractivity contribution in [1.29, 1.82) is 0 Å². The van der Waals surface area contributed by atoms with Crippen molar-refractivity contribution in [3.63, 3.8) is 0 Å². The third-order valence-electron chi connectivity index (χ3n) is 6.71. The minimum absolute atomic E-state index is 0.0941. The fourth-order valence-corrected chi connectivity index (χ4v) is 5.14. The number of fused-ring (bicyclic) bond motifs is 1. The van der Waals surface area contributed by atoms with Crippen molar-refractivity contribution in [3.8, 4) is 0 Å². The molecule has 0 aromatic heterocycles. The normalized spacial score (nSPS) is 27.2. The van der Waals surface area contributed by atoms with Gasteiger partial charge in [-0.3, -0.25) is 14.5 Å². The van der Waals surface area contributed by atoms with Crippen LogP contribution in [0.1, 0.15) is 57.8 Å². The molecule has 6 nitrogen and oxygen atoms in total. The molecule has 27 heavy (non-hydrogen) atoms. The van der Waals surface area contributed by atoms with Crippen molar-refractivity contribution in [1.82, 2.24) is 15.1 Å². The highest BCUT2D eigenvalue weighted by Crippen LogP contribution is 2.35. The van der Waals surface area contributed by atoms with Gasteiger partial charge in [0.25, 0.3) is 0 Å². The lowest BCUT2D eigenvalue weighted by atomic mass is 9.78. The molecule has 2 unspecified atom stereocenters. The largest absolute Gasteiger partial charge is 0.385 e. The molecule has 3 fully saturated rings. The predicted molar refractivity (Wildman–Crippen MR) is 105 cm³/mol. The lowest BCUT2D eigenvalue weighted by Gasteiger charge is -2.45. The maximum Gasteiger partial charge on any atom is 0.237 e. The Balaban J connectivity index is 1.39. The second-order valence-electron chi connectivity index (χ2n) is 8.53. The quantitative estimate of drug-likeness (QED) is 0.688. The van der Waals surface area contributed by atoms with E-state index in [1.54, 1.807) is 7.11 Å². The minimum Gasteiger partial charge on any atom is -0.385 e. The summed E-state index contributed by atoms with van der Waals surface area (Å²) >= 11 is 0. The number of carbonyl (C=O) groups excluding carboxylic acids is 2. The van der Waals surface area contributed by atoms with Gasteiger partial charge in [-0.05, 0) is 64.0 Å². The van der Waals surface area contributed by atoms with Crippen LogP contribution >= 0.6 is 0 Å². The standard InChI is InChI=1S/C21H37N3O3/c1-27-15-5-11-22-21(26)18-9-13-23(14-10-18)16-20(25)24-12-4-7-17-6-2-3-8-19(17)24/h17-19H,2-16H2,1H3,(H,22,26). The van der Waals surface area contributed by atoms with Gasteiger partial charge in [-0.1, -0.05) is 12.8 Å². The summed E-state index contributed by atoms with van der Waals surface area (Å²) < 4.78 is 5.01. The Labute approximate surface area is 164 Å². The number of nitrogens with one attached hydrogen (secondary N) is 1. The molecule has 1 saturated carbocycles. The highest BCUT2D eigenvalue weighted by molar-refractivity contribution is 5.79. The van der Waals surface area contributed by atoms with Gasteiger partial charge in [0.15, 0.2) is 0 Å². The van der Waals surface area contributed by atoms with Crippen molar-refractivity contribution in [3.05, 3.63) is 0 Å². The van der Waals surface area contributed by atoms with Crippen LogP contribution in [-0.2, 0) is 14.3 Å². The zero-order chi connectivity index (χ0) is 19.1. The Hall–Kier alpha value is -1.14. The van der Waals surface area contributed by atoms with Crippen LogP contribution in [0.2, 0.25) is 0 Å². The van der Waals surface area contributed by atoms with Gasteiger partial charge in [-0.25, -0.2) is 0 Å². The van der Waals surface area contributed by atoms with Crippen LogP contribution in [-0.4, -0.2) is 74.1 Å². The lowest BCUT2D eigenvalue weighted by Crippen LogP contribution is -2.53. The number of amides is 2. The highest BCUT2D eigenvalue weighted by Gasteiger charge is 2.36. The summed E-state index contributed by atoms with van der Waals surface area (Å²) in [6.45, 7) is 4.54. The first-order chi connectivity index (χ1) is 13.2. The Morgan fingerprint density at radius 3 is 2.52 bits per heavy atom. The first-order valence-corrected chi connectivity index (χ1v) is 11.0. The van der Waals surface area contributed by atoms with Crippen LogP contribution in [0, 0.1) is 11.8 Å². The lowest BCUT2D eigenvalue weighted by molar-refractivity contribution is -0.139. The Morgan fingerprint density at radius 1 is 1.00 bits per heavy atom. The molecule has 0 aromatic carbocycles. The molecule has 0 radical (unpaired) electrons. The molecule has 1 aliphatic carbocycles. The molecule has 0 aromatic rings. The fourth-order valence-electron chi connectivity index (χ4n) is 5.14. The first-order valence-electron chi connectivity index (χ1n) is 11.0. The van der Waals surface area contributed by atoms with Crippen LogP contribution in [0.4, 0.5) is 0 Å². The van der Waals surface area contributed by atoms with E-state index < -0.39 is 0 Å². The smallest absolute Gasteiger partial charge is 0.237 e. The summed E-state index contributed by atoms with van der Waals surface area (Å²) in [5.41, 5.74) is 0. The second-order valence-corrected chi connectivity index (χ2v) is 8.53. The summed E-state index contributed by atoms with van der Waals surface area (Å²) in [4.78, 5) is 29.6. The molecule has 2 amide bonds. The number of hydrogen-bond acceptors (Lipinski definition) is 4. The second kappa shape index (κ2) is 10.4. The number of ether oxygens (including phenoxy) is 1. The van der Waals surface area contributed by atoms with E-state index in [0.717, 1.165) is 51.2 Å². The van der Waals surface area contributed by atoms with Gasteiger partial charge in [0.2, 0.25) is 11.8 Å². The van der Waals surface area contributed by atoms with E-state index in [-0.39, 0.29) is 11.8 Å². The Morgan fingerprint density at radius 2 is 1.74 bits per heavy atom. The van der Waals surface area contributed by atoms with Crippen molar-refractivity contribution >= 4 is 11.8 Å². The molecule has 2 heterocycles. The molecule has 3 aliphatic rings. The zero-order valence-corrected chi connectivity index (χ0v) is 17.0. The van der Waals surface area contributed by atoms with E-state index in [2.05, 4.69) is 15.1 Å². The van der Waals surface area contributed by atoms with Crippen molar-refractivity contribution < 1.29 is 14.3 Å². The topological polar surface area (TPSA) is 61.9 Å². The van der Waals surface area contributed by atoms with Crippen LogP contribution in [0.25, 0.3) is 0 Å². The summed E-state index contributed by atoms with van der Waals surface area (Å²) in [5.74, 6) is 1.31. The van der Waals surface area contributed by atoms with Crippen molar-refractivity contribution in [2.24, 2.45) is 11.8 Å². The van der Waals surface area contributed by atoms with Crippen LogP contribution in [0.15, 0.2) is 0 Å². The fraction of sp³-hybridized carbons (Fsp3) is 0.905. The number of hydrogen-bond donors (Lipinski definition) is 1. The van der Waals surface area contributed by atoms with Gasteiger partial charge < -0.3 is 15.0 Å². The average molecular weight is 380 g/mol. The minimum atomic E-state index is 0.0941. The number of rotatable bonds is 7. The molecule has 0 spiro atoms. The van der Waals surface area contributed by atoms with E-state index in [1.807, 2.05) is 0 Å². The van der Waals surface area contributed by atoms with E-state index in [4.69, 9.17) is 4.74 Å². The molecule has 2 aliphatic heterocycles. The maximum atomic E-state index is 12.9. The van der Waals surface area contributed by atoms with E-state index in [0.29, 0.717) is 31.6 Å². The predicted octanol–water partition coefficient (Wildman–Crippen LogP) is 2.03. The summed E-state index contributed by atoms with van der Waals surface area (Å²) in [7, 11) is 1.68.